The molecule has 1 fully saturated rings. The molecule has 0 spiro atoms. The number of benzene rings is 1. The molecule has 4 heteroatoms. The molecular weight excluding hydrogens is 240 g/mol. The van der Waals surface area contributed by atoms with Crippen LogP contribution in [0.2, 0.25) is 0 Å². The van der Waals surface area contributed by atoms with Crippen LogP contribution in [0.1, 0.15) is 20.3 Å². The van der Waals surface area contributed by atoms with E-state index >= 15 is 0 Å². The van der Waals surface area contributed by atoms with E-state index in [1.54, 1.807) is 14.2 Å². The minimum Gasteiger partial charge on any atom is -0.497 e. The minimum absolute atomic E-state index is 0.116. The Balaban J connectivity index is 2.38. The van der Waals surface area contributed by atoms with Crippen LogP contribution in [0.5, 0.6) is 11.5 Å². The Morgan fingerprint density at radius 2 is 1.95 bits per heavy atom. The Morgan fingerprint density at radius 1 is 1.16 bits per heavy atom. The number of nitrogens with zero attached hydrogens (tertiary/aromatic N) is 1. The molecule has 106 valence electrons. The summed E-state index contributed by atoms with van der Waals surface area (Å²) >= 11 is 0. The predicted octanol–water partition coefficient (Wildman–Crippen LogP) is 2.28. The van der Waals surface area contributed by atoms with Crippen LogP contribution in [0.25, 0.3) is 0 Å². The van der Waals surface area contributed by atoms with E-state index in [2.05, 4.69) is 30.1 Å². The van der Waals surface area contributed by atoms with E-state index in [9.17, 15) is 0 Å². The molecule has 1 aliphatic rings. The van der Waals surface area contributed by atoms with E-state index in [4.69, 9.17) is 9.47 Å². The molecule has 0 aromatic heterocycles. The van der Waals surface area contributed by atoms with Gasteiger partial charge in [0.2, 0.25) is 0 Å². The molecular formula is C15H24N2O2. The zero-order chi connectivity index (χ0) is 13.9. The van der Waals surface area contributed by atoms with Gasteiger partial charge in [0.25, 0.3) is 0 Å². The fraction of sp³-hybridized carbons (Fsp3) is 0.600. The third-order valence-corrected chi connectivity index (χ3v) is 3.83. The molecule has 0 atom stereocenters. The van der Waals surface area contributed by atoms with Crippen molar-refractivity contribution in [1.82, 2.24) is 5.32 Å². The lowest BCUT2D eigenvalue weighted by molar-refractivity contribution is 0.388. The monoisotopic (exact) mass is 264 g/mol. The fourth-order valence-corrected chi connectivity index (χ4v) is 2.60. The summed E-state index contributed by atoms with van der Waals surface area (Å²) in [7, 11) is 3.38. The Morgan fingerprint density at radius 3 is 2.63 bits per heavy atom. The molecule has 1 aliphatic heterocycles. The Labute approximate surface area is 115 Å². The van der Waals surface area contributed by atoms with Crippen molar-refractivity contribution < 1.29 is 9.47 Å². The van der Waals surface area contributed by atoms with Gasteiger partial charge in [-0.2, -0.15) is 0 Å². The molecule has 0 bridgehead atoms. The molecule has 0 radical (unpaired) electrons. The second-order valence-corrected chi connectivity index (χ2v) is 5.50. The Bertz CT molecular complexity index is 432. The molecule has 1 aromatic carbocycles. The van der Waals surface area contributed by atoms with Crippen LogP contribution in [0, 0.1) is 0 Å². The van der Waals surface area contributed by atoms with Crippen LogP contribution in [0.15, 0.2) is 18.2 Å². The number of hydrogen-bond acceptors (Lipinski definition) is 4. The lowest BCUT2D eigenvalue weighted by Gasteiger charge is -2.39. The van der Waals surface area contributed by atoms with Crippen molar-refractivity contribution in [3.8, 4) is 11.5 Å². The number of anilines is 1. The highest BCUT2D eigenvalue weighted by Crippen LogP contribution is 2.37. The number of rotatable bonds is 3. The second-order valence-electron chi connectivity index (χ2n) is 5.50. The molecule has 0 aliphatic carbocycles. The van der Waals surface area contributed by atoms with E-state index in [1.165, 1.54) is 0 Å². The SMILES string of the molecule is COc1ccc(N2CCNCCC2(C)C)c(OC)c1. The van der Waals surface area contributed by atoms with Gasteiger partial charge in [0, 0.05) is 24.7 Å². The first-order valence-corrected chi connectivity index (χ1v) is 6.79. The Hall–Kier alpha value is -1.42. The van der Waals surface area contributed by atoms with Gasteiger partial charge >= 0.3 is 0 Å². The minimum atomic E-state index is 0.116. The maximum absolute atomic E-state index is 5.53. The zero-order valence-corrected chi connectivity index (χ0v) is 12.3. The Kier molecular flexibility index (Phi) is 4.20. The summed E-state index contributed by atoms with van der Waals surface area (Å²) in [6, 6.07) is 6.03. The van der Waals surface area contributed by atoms with Crippen molar-refractivity contribution in [2.45, 2.75) is 25.8 Å². The summed E-state index contributed by atoms with van der Waals surface area (Å²) in [5.41, 5.74) is 1.25. The van der Waals surface area contributed by atoms with Gasteiger partial charge in [-0.15, -0.1) is 0 Å². The van der Waals surface area contributed by atoms with Crippen molar-refractivity contribution in [3.05, 3.63) is 18.2 Å². The maximum atomic E-state index is 5.53. The number of nitrogens with one attached hydrogen (secondary N) is 1. The molecule has 1 heterocycles. The molecule has 0 amide bonds. The van der Waals surface area contributed by atoms with Crippen LogP contribution in [-0.2, 0) is 0 Å². The van der Waals surface area contributed by atoms with Crippen molar-refractivity contribution in [3.63, 3.8) is 0 Å². The summed E-state index contributed by atoms with van der Waals surface area (Å²) in [4.78, 5) is 2.42. The normalized spacial score (nSPS) is 18.8. The highest BCUT2D eigenvalue weighted by atomic mass is 16.5. The lowest BCUT2D eigenvalue weighted by Crippen LogP contribution is -2.44. The molecule has 0 saturated carbocycles. The first-order valence-electron chi connectivity index (χ1n) is 6.79. The number of hydrogen-bond donors (Lipinski definition) is 1. The quantitative estimate of drug-likeness (QED) is 0.908. The third-order valence-electron chi connectivity index (χ3n) is 3.83. The topological polar surface area (TPSA) is 33.7 Å². The van der Waals surface area contributed by atoms with Gasteiger partial charge in [-0.05, 0) is 38.9 Å². The molecule has 1 saturated heterocycles. The average molecular weight is 264 g/mol. The van der Waals surface area contributed by atoms with Gasteiger partial charge in [-0.3, -0.25) is 0 Å². The highest BCUT2D eigenvalue weighted by molar-refractivity contribution is 5.62. The van der Waals surface area contributed by atoms with E-state index < -0.39 is 0 Å². The summed E-state index contributed by atoms with van der Waals surface area (Å²) in [5, 5.41) is 3.46. The summed E-state index contributed by atoms with van der Waals surface area (Å²) in [6.45, 7) is 7.60. The van der Waals surface area contributed by atoms with Gasteiger partial charge in [0.1, 0.15) is 11.5 Å². The van der Waals surface area contributed by atoms with Crippen molar-refractivity contribution in [2.24, 2.45) is 0 Å². The predicted molar refractivity (Wildman–Crippen MR) is 78.5 cm³/mol. The van der Waals surface area contributed by atoms with Gasteiger partial charge in [-0.25, -0.2) is 0 Å². The molecule has 4 nitrogen and oxygen atoms in total. The largest absolute Gasteiger partial charge is 0.497 e. The smallest absolute Gasteiger partial charge is 0.145 e. The van der Waals surface area contributed by atoms with E-state index in [1.807, 2.05) is 12.1 Å². The van der Waals surface area contributed by atoms with Gasteiger partial charge < -0.3 is 19.7 Å². The van der Waals surface area contributed by atoms with Gasteiger partial charge in [-0.1, -0.05) is 0 Å². The molecule has 1 N–H and O–H groups in total. The van der Waals surface area contributed by atoms with Crippen LogP contribution < -0.4 is 19.7 Å². The number of methoxy groups -OCH3 is 2. The van der Waals surface area contributed by atoms with E-state index in [0.29, 0.717) is 0 Å². The zero-order valence-electron chi connectivity index (χ0n) is 12.3. The maximum Gasteiger partial charge on any atom is 0.145 e. The highest BCUT2D eigenvalue weighted by Gasteiger charge is 2.30. The van der Waals surface area contributed by atoms with Crippen molar-refractivity contribution in [2.75, 3.05) is 38.8 Å². The molecule has 2 rings (SSSR count). The second kappa shape index (κ2) is 5.70. The first-order chi connectivity index (χ1) is 9.08. The van der Waals surface area contributed by atoms with Crippen molar-refractivity contribution in [1.29, 1.82) is 0 Å². The lowest BCUT2D eigenvalue weighted by atomic mass is 9.97. The standard InChI is InChI=1S/C15H24N2O2/c1-15(2)7-8-16-9-10-17(15)13-6-5-12(18-3)11-14(13)19-4/h5-6,11,16H,7-10H2,1-4H3. The molecule has 0 unspecified atom stereocenters. The third kappa shape index (κ3) is 2.95. The van der Waals surface area contributed by atoms with Crippen molar-refractivity contribution >= 4 is 5.69 Å². The average Bonchev–Trinajstić information content (AvgIpc) is 2.58. The molecule has 19 heavy (non-hydrogen) atoms. The van der Waals surface area contributed by atoms with E-state index in [0.717, 1.165) is 43.2 Å². The van der Waals surface area contributed by atoms with Crippen LogP contribution in [0.4, 0.5) is 5.69 Å². The fourth-order valence-electron chi connectivity index (χ4n) is 2.60. The number of ether oxygens (including phenoxy) is 2. The van der Waals surface area contributed by atoms with Gasteiger partial charge in [0.05, 0.1) is 19.9 Å². The van der Waals surface area contributed by atoms with Crippen LogP contribution in [0.3, 0.4) is 0 Å². The van der Waals surface area contributed by atoms with Crippen LogP contribution >= 0.6 is 0 Å². The van der Waals surface area contributed by atoms with E-state index in [-0.39, 0.29) is 5.54 Å². The van der Waals surface area contributed by atoms with Crippen LogP contribution in [-0.4, -0.2) is 39.4 Å². The molecule has 1 aromatic rings. The summed E-state index contributed by atoms with van der Waals surface area (Å²) in [5.74, 6) is 1.70. The summed E-state index contributed by atoms with van der Waals surface area (Å²) in [6.07, 6.45) is 1.11. The summed E-state index contributed by atoms with van der Waals surface area (Å²) < 4.78 is 10.8. The first kappa shape index (κ1) is 14.0. The van der Waals surface area contributed by atoms with Gasteiger partial charge in [0.15, 0.2) is 0 Å².